The molecule has 0 atom stereocenters. The van der Waals surface area contributed by atoms with E-state index in [0.717, 1.165) is 12.5 Å². The van der Waals surface area contributed by atoms with Crippen LogP contribution in [0.1, 0.15) is 35.3 Å². The van der Waals surface area contributed by atoms with E-state index >= 15 is 4.39 Å². The molecule has 0 radical (unpaired) electrons. The molecule has 0 unspecified atom stereocenters. The number of nitrogens with zero attached hydrogens (tertiary/aromatic N) is 5. The first-order chi connectivity index (χ1) is 17.3. The van der Waals surface area contributed by atoms with Gasteiger partial charge in [-0.25, -0.2) is 13.6 Å². The highest BCUT2D eigenvalue weighted by atomic mass is 32.1. The van der Waals surface area contributed by atoms with E-state index in [9.17, 15) is 14.0 Å². The van der Waals surface area contributed by atoms with E-state index in [-0.39, 0.29) is 40.4 Å². The number of benzene rings is 2. The Labute approximate surface area is 210 Å². The predicted octanol–water partition coefficient (Wildman–Crippen LogP) is 4.24. The van der Waals surface area contributed by atoms with Gasteiger partial charge in [-0.2, -0.15) is 5.10 Å². The largest absolute Gasteiger partial charge is 0.347 e. The Hall–Kier alpha value is -4.17. The summed E-state index contributed by atoms with van der Waals surface area (Å²) in [6, 6.07) is 9.94. The quantitative estimate of drug-likeness (QED) is 0.414. The van der Waals surface area contributed by atoms with E-state index in [2.05, 4.69) is 15.3 Å². The summed E-state index contributed by atoms with van der Waals surface area (Å²) in [6.07, 6.45) is 3.34. The lowest BCUT2D eigenvalue weighted by atomic mass is 9.75. The van der Waals surface area contributed by atoms with Crippen LogP contribution in [0.15, 0.2) is 48.7 Å². The molecule has 1 N–H and O–H groups in total. The number of nitrogens with one attached hydrogen (secondary N) is 1. The Bertz CT molecular complexity index is 1460. The maximum atomic E-state index is 15.1. The molecule has 0 bridgehead atoms. The van der Waals surface area contributed by atoms with Gasteiger partial charge < -0.3 is 10.2 Å². The van der Waals surface area contributed by atoms with Gasteiger partial charge >= 0.3 is 0 Å². The molecule has 1 saturated heterocycles. The molecule has 5 rings (SSSR count). The van der Waals surface area contributed by atoms with Crippen LogP contribution in [0.4, 0.5) is 25.8 Å². The zero-order chi connectivity index (χ0) is 25.6. The normalized spacial score (nSPS) is 16.3. The lowest BCUT2D eigenvalue weighted by molar-refractivity contribution is -0.123. The summed E-state index contributed by atoms with van der Waals surface area (Å²) in [5.41, 5.74) is 0.113. The SMILES string of the molecule is [C-]#[N+]c1ccc(N2C(=O)C3(CCC3)N(c3ccc(CNC(=O)c4ccnn4C)c(F)c3)C2=S)cc1F. The van der Waals surface area contributed by atoms with Crippen LogP contribution >= 0.6 is 12.2 Å². The number of amides is 2. The van der Waals surface area contributed by atoms with Crippen molar-refractivity contribution in [3.63, 3.8) is 0 Å². The van der Waals surface area contributed by atoms with Crippen LogP contribution in [0.25, 0.3) is 4.85 Å². The van der Waals surface area contributed by atoms with Crippen molar-refractivity contribution in [2.45, 2.75) is 31.3 Å². The highest BCUT2D eigenvalue weighted by molar-refractivity contribution is 7.81. The van der Waals surface area contributed by atoms with Crippen LogP contribution in [0.5, 0.6) is 0 Å². The van der Waals surface area contributed by atoms with Crippen molar-refractivity contribution in [1.82, 2.24) is 15.1 Å². The van der Waals surface area contributed by atoms with Crippen LogP contribution in [-0.4, -0.2) is 32.2 Å². The number of hydrogen-bond acceptors (Lipinski definition) is 4. The minimum absolute atomic E-state index is 0.0382. The lowest BCUT2D eigenvalue weighted by Crippen LogP contribution is -2.55. The average Bonchev–Trinajstić information content (AvgIpc) is 3.35. The molecular formula is C25H20F2N6O2S. The van der Waals surface area contributed by atoms with E-state index in [1.54, 1.807) is 30.1 Å². The van der Waals surface area contributed by atoms with E-state index in [1.165, 1.54) is 34.0 Å². The Morgan fingerprint density at radius 1 is 1.17 bits per heavy atom. The van der Waals surface area contributed by atoms with Gasteiger partial charge in [0.1, 0.15) is 22.9 Å². The van der Waals surface area contributed by atoms with Crippen LogP contribution in [-0.2, 0) is 18.4 Å². The fourth-order valence-electron chi connectivity index (χ4n) is 4.62. The maximum Gasteiger partial charge on any atom is 0.269 e. The number of thiocarbonyl (C=S) groups is 1. The zero-order valence-corrected chi connectivity index (χ0v) is 20.0. The van der Waals surface area contributed by atoms with Crippen molar-refractivity contribution in [2.75, 3.05) is 9.80 Å². The summed E-state index contributed by atoms with van der Waals surface area (Å²) < 4.78 is 30.8. The fraction of sp³-hybridized carbons (Fsp3) is 0.240. The van der Waals surface area contributed by atoms with Gasteiger partial charge in [-0.05, 0) is 61.8 Å². The number of carbonyl (C=O) groups excluding carboxylic acids is 2. The highest BCUT2D eigenvalue weighted by Crippen LogP contribution is 2.48. The Balaban J connectivity index is 1.42. The van der Waals surface area contributed by atoms with Gasteiger partial charge in [-0.3, -0.25) is 19.2 Å². The van der Waals surface area contributed by atoms with Crippen molar-refractivity contribution >= 4 is 46.2 Å². The van der Waals surface area contributed by atoms with Crippen LogP contribution < -0.4 is 15.1 Å². The van der Waals surface area contributed by atoms with Crippen molar-refractivity contribution in [3.05, 3.63) is 83.0 Å². The van der Waals surface area contributed by atoms with Gasteiger partial charge in [0.15, 0.2) is 5.11 Å². The van der Waals surface area contributed by atoms with Crippen LogP contribution in [0.2, 0.25) is 0 Å². The molecule has 1 saturated carbocycles. The van der Waals surface area contributed by atoms with Crippen molar-refractivity contribution < 1.29 is 18.4 Å². The Morgan fingerprint density at radius 3 is 2.47 bits per heavy atom. The number of rotatable bonds is 5. The third-order valence-electron chi connectivity index (χ3n) is 6.69. The summed E-state index contributed by atoms with van der Waals surface area (Å²) in [4.78, 5) is 31.8. The third-order valence-corrected chi connectivity index (χ3v) is 7.06. The van der Waals surface area contributed by atoms with Gasteiger partial charge in [-0.15, -0.1) is 0 Å². The first-order valence-corrected chi connectivity index (χ1v) is 11.6. The second-order valence-corrected chi connectivity index (χ2v) is 9.05. The molecule has 2 fully saturated rings. The number of aromatic nitrogens is 2. The summed E-state index contributed by atoms with van der Waals surface area (Å²) in [6.45, 7) is 7.00. The van der Waals surface area contributed by atoms with E-state index in [4.69, 9.17) is 18.8 Å². The molecule has 3 aromatic rings. The van der Waals surface area contributed by atoms with Gasteiger partial charge in [0, 0.05) is 31.0 Å². The minimum Gasteiger partial charge on any atom is -0.347 e. The van der Waals surface area contributed by atoms with Crippen molar-refractivity contribution in [3.8, 4) is 0 Å². The molecule has 2 aliphatic rings. The summed E-state index contributed by atoms with van der Waals surface area (Å²) in [5.74, 6) is -2.00. The van der Waals surface area contributed by atoms with Gasteiger partial charge in [0.2, 0.25) is 5.69 Å². The molecule has 1 aliphatic carbocycles. The van der Waals surface area contributed by atoms with E-state index in [1.807, 2.05) is 0 Å². The molecular weight excluding hydrogens is 486 g/mol. The van der Waals surface area contributed by atoms with E-state index < -0.39 is 17.2 Å². The topological polar surface area (TPSA) is 74.8 Å². The van der Waals surface area contributed by atoms with Gasteiger partial charge in [-0.1, -0.05) is 12.1 Å². The first kappa shape index (κ1) is 23.6. The minimum atomic E-state index is -0.965. The number of aryl methyl sites for hydroxylation is 1. The standard InChI is InChI=1S/C25H20F2N6O2S/c1-28-20-7-6-16(12-19(20)27)32-23(35)25(9-3-10-25)33(24(32)36)17-5-4-15(18(26)13-17)14-29-22(34)21-8-11-30-31(21)2/h4-8,11-13H,3,9-10,14H2,2H3,(H,29,34). The smallest absolute Gasteiger partial charge is 0.269 e. The van der Waals surface area contributed by atoms with Crippen LogP contribution in [0, 0.1) is 18.2 Å². The molecule has 8 nitrogen and oxygen atoms in total. The predicted molar refractivity (Wildman–Crippen MR) is 133 cm³/mol. The summed E-state index contributed by atoms with van der Waals surface area (Å²) in [5, 5.41) is 6.74. The van der Waals surface area contributed by atoms with Gasteiger partial charge in [0.05, 0.1) is 12.3 Å². The summed E-state index contributed by atoms with van der Waals surface area (Å²) >= 11 is 5.64. The molecule has 1 aliphatic heterocycles. The Kier molecular flexibility index (Phi) is 5.76. The van der Waals surface area contributed by atoms with Crippen molar-refractivity contribution in [1.29, 1.82) is 0 Å². The van der Waals surface area contributed by atoms with Gasteiger partial charge in [0.25, 0.3) is 11.8 Å². The van der Waals surface area contributed by atoms with Crippen LogP contribution in [0.3, 0.4) is 0 Å². The molecule has 1 aromatic heterocycles. The molecule has 36 heavy (non-hydrogen) atoms. The monoisotopic (exact) mass is 506 g/mol. The average molecular weight is 507 g/mol. The second kappa shape index (κ2) is 8.80. The van der Waals surface area contributed by atoms with E-state index in [0.29, 0.717) is 24.2 Å². The molecule has 1 spiro atoms. The highest BCUT2D eigenvalue weighted by Gasteiger charge is 2.59. The number of halogens is 2. The molecule has 2 aromatic carbocycles. The molecule has 2 heterocycles. The van der Waals surface area contributed by atoms with Crippen molar-refractivity contribution in [2.24, 2.45) is 7.05 Å². The third kappa shape index (κ3) is 3.61. The fourth-order valence-corrected chi connectivity index (χ4v) is 5.08. The Morgan fingerprint density at radius 2 is 1.89 bits per heavy atom. The molecule has 2 amide bonds. The molecule has 11 heteroatoms. The lowest BCUT2D eigenvalue weighted by Gasteiger charge is -2.43. The second-order valence-electron chi connectivity index (χ2n) is 8.69. The number of carbonyl (C=O) groups is 2. The number of anilines is 2. The number of hydrogen-bond donors (Lipinski definition) is 1. The zero-order valence-electron chi connectivity index (χ0n) is 19.2. The maximum absolute atomic E-state index is 15.1. The molecule has 182 valence electrons. The first-order valence-electron chi connectivity index (χ1n) is 11.2. The summed E-state index contributed by atoms with van der Waals surface area (Å²) in [7, 11) is 1.64.